The van der Waals surface area contributed by atoms with Gasteiger partial charge in [0.05, 0.1) is 16.4 Å². The summed E-state index contributed by atoms with van der Waals surface area (Å²) in [5, 5.41) is 37.3. The fourth-order valence-electron chi connectivity index (χ4n) is 2.79. The van der Waals surface area contributed by atoms with Crippen LogP contribution in [0.4, 0.5) is 22.7 Å². The number of nitrogen functional groups attached to an aromatic ring is 1. The van der Waals surface area contributed by atoms with Crippen molar-refractivity contribution in [1.29, 1.82) is 0 Å². The summed E-state index contributed by atoms with van der Waals surface area (Å²) in [6.07, 6.45) is 0. The van der Waals surface area contributed by atoms with Crippen LogP contribution in [-0.2, 0) is 20.2 Å². The largest absolute Gasteiger partial charge is 0.505 e. The van der Waals surface area contributed by atoms with Crippen LogP contribution in [0.25, 0.3) is 10.8 Å². The van der Waals surface area contributed by atoms with Crippen LogP contribution in [0.3, 0.4) is 0 Å². The molecule has 0 saturated carbocycles. The van der Waals surface area contributed by atoms with Gasteiger partial charge in [0.25, 0.3) is 25.9 Å². The van der Waals surface area contributed by atoms with E-state index in [1.54, 1.807) is 0 Å². The zero-order valence-corrected chi connectivity index (χ0v) is 17.1. The highest BCUT2D eigenvalue weighted by molar-refractivity contribution is 7.86. The molecule has 3 aromatic carbocycles. The van der Waals surface area contributed by atoms with E-state index in [0.29, 0.717) is 6.07 Å². The smallest absolute Gasteiger partial charge is 0.296 e. The molecule has 0 aliphatic heterocycles. The molecule has 168 valence electrons. The van der Waals surface area contributed by atoms with E-state index in [9.17, 15) is 46.3 Å². The van der Waals surface area contributed by atoms with Crippen molar-refractivity contribution >= 4 is 53.8 Å². The highest BCUT2D eigenvalue weighted by Gasteiger charge is 2.26. The van der Waals surface area contributed by atoms with Gasteiger partial charge < -0.3 is 15.9 Å². The van der Waals surface area contributed by atoms with Crippen molar-refractivity contribution in [2.45, 2.75) is 9.79 Å². The molecule has 0 aromatic heterocycles. The lowest BCUT2D eigenvalue weighted by molar-refractivity contribution is -0.384. The Kier molecular flexibility index (Phi) is 5.48. The molecular weight excluding hydrogens is 472 g/mol. The number of nitro groups is 1. The summed E-state index contributed by atoms with van der Waals surface area (Å²) in [4.78, 5) is 8.05. The maximum Gasteiger partial charge on any atom is 0.296 e. The third-order valence-corrected chi connectivity index (χ3v) is 5.97. The van der Waals surface area contributed by atoms with E-state index < -0.39 is 68.6 Å². The van der Waals surface area contributed by atoms with Crippen LogP contribution < -0.4 is 5.73 Å². The van der Waals surface area contributed by atoms with Gasteiger partial charge in [-0.25, -0.2) is 0 Å². The van der Waals surface area contributed by atoms with E-state index >= 15 is 0 Å². The summed E-state index contributed by atoms with van der Waals surface area (Å²) in [5.74, 6) is -1.71. The number of fused-ring (bicyclic) bond motifs is 1. The van der Waals surface area contributed by atoms with Gasteiger partial charge in [-0.15, -0.1) is 10.2 Å². The molecule has 16 heteroatoms. The molecule has 32 heavy (non-hydrogen) atoms. The summed E-state index contributed by atoms with van der Waals surface area (Å²) in [7, 11) is -10.0. The average molecular weight is 484 g/mol. The molecule has 0 aliphatic carbocycles. The first-order valence-corrected chi connectivity index (χ1v) is 11.0. The molecule has 0 spiro atoms. The van der Waals surface area contributed by atoms with E-state index in [0.717, 1.165) is 30.3 Å². The molecular formula is C16H12N4O10S2. The number of hydrogen-bond acceptors (Lipinski definition) is 11. The number of nitrogens with two attached hydrogens (primary N) is 1. The second-order valence-electron chi connectivity index (χ2n) is 6.23. The average Bonchev–Trinajstić information content (AvgIpc) is 2.65. The molecule has 0 heterocycles. The van der Waals surface area contributed by atoms with Crippen molar-refractivity contribution < 1.29 is 41.1 Å². The minimum Gasteiger partial charge on any atom is -0.505 e. The third kappa shape index (κ3) is 4.14. The number of nitrogens with zero attached hydrogens (tertiary/aromatic N) is 3. The number of azo groups is 1. The minimum atomic E-state index is -5.14. The molecule has 3 rings (SSSR count). The molecule has 6 N–H and O–H groups in total. The molecule has 0 unspecified atom stereocenters. The summed E-state index contributed by atoms with van der Waals surface area (Å²) in [6.45, 7) is 0. The molecule has 3 aromatic rings. The first-order chi connectivity index (χ1) is 14.7. The normalized spacial score (nSPS) is 12.4. The number of phenolic OH excluding ortho intramolecular Hbond substituents is 2. The zero-order valence-electron chi connectivity index (χ0n) is 15.4. The van der Waals surface area contributed by atoms with E-state index in [1.807, 2.05) is 0 Å². The standard InChI is InChI=1S/C16H12N4O10S2/c17-9-2-4-12(31(25,26)27)8-6-13(32(28,29)30)15(16(22)14(8)9)19-18-10-3-1-7(20(23)24)5-11(10)21/h1-6,21-22H,17H2,(H,25,26,27)(H,28,29,30). The molecule has 14 nitrogen and oxygen atoms in total. The quantitative estimate of drug-likeness (QED) is 0.116. The van der Waals surface area contributed by atoms with Crippen LogP contribution in [0, 0.1) is 10.1 Å². The van der Waals surface area contributed by atoms with E-state index in [1.165, 1.54) is 0 Å². The summed E-state index contributed by atoms with van der Waals surface area (Å²) >= 11 is 0. The molecule has 0 saturated heterocycles. The Morgan fingerprint density at radius 3 is 2.06 bits per heavy atom. The van der Waals surface area contributed by atoms with Gasteiger partial charge in [0.2, 0.25) is 0 Å². The molecule has 0 atom stereocenters. The number of benzene rings is 3. The predicted molar refractivity (Wildman–Crippen MR) is 109 cm³/mol. The van der Waals surface area contributed by atoms with Crippen molar-refractivity contribution in [2.75, 3.05) is 5.73 Å². The number of hydrogen-bond donors (Lipinski definition) is 5. The molecule has 0 bridgehead atoms. The van der Waals surface area contributed by atoms with E-state index in [2.05, 4.69) is 10.2 Å². The monoisotopic (exact) mass is 484 g/mol. The van der Waals surface area contributed by atoms with Gasteiger partial charge in [-0.1, -0.05) is 0 Å². The van der Waals surface area contributed by atoms with Crippen molar-refractivity contribution in [3.8, 4) is 11.5 Å². The number of phenols is 2. The van der Waals surface area contributed by atoms with Crippen LogP contribution in [0.15, 0.2) is 56.4 Å². The second kappa shape index (κ2) is 7.68. The Morgan fingerprint density at radius 1 is 0.906 bits per heavy atom. The highest BCUT2D eigenvalue weighted by atomic mass is 32.2. The number of rotatable bonds is 5. The molecule has 0 aliphatic rings. The SMILES string of the molecule is Nc1ccc(S(=O)(=O)O)c2cc(S(=O)(=O)O)c(N=Nc3ccc([N+](=O)[O-])cc3O)c(O)c12. The van der Waals surface area contributed by atoms with Crippen LogP contribution in [0.5, 0.6) is 11.5 Å². The van der Waals surface area contributed by atoms with E-state index in [4.69, 9.17) is 5.73 Å². The molecule has 0 fully saturated rings. The van der Waals surface area contributed by atoms with Gasteiger partial charge in [-0.2, -0.15) is 16.8 Å². The van der Waals surface area contributed by atoms with Gasteiger partial charge in [-0.3, -0.25) is 19.2 Å². The Balaban J connectivity index is 2.34. The minimum absolute atomic E-state index is 0.235. The molecule has 0 amide bonds. The fourth-order valence-corrected chi connectivity index (χ4v) is 4.12. The Bertz CT molecular complexity index is 1530. The van der Waals surface area contributed by atoms with Crippen molar-refractivity contribution in [3.63, 3.8) is 0 Å². The summed E-state index contributed by atoms with van der Waals surface area (Å²) in [6, 6.07) is 5.17. The first-order valence-electron chi connectivity index (χ1n) is 8.14. The maximum absolute atomic E-state index is 11.9. The van der Waals surface area contributed by atoms with Crippen molar-refractivity contribution in [1.82, 2.24) is 0 Å². The van der Waals surface area contributed by atoms with Crippen molar-refractivity contribution in [3.05, 3.63) is 46.5 Å². The lowest BCUT2D eigenvalue weighted by Gasteiger charge is -2.12. The van der Waals surface area contributed by atoms with Crippen LogP contribution in [0.1, 0.15) is 0 Å². The Morgan fingerprint density at radius 2 is 1.53 bits per heavy atom. The number of nitro benzene ring substituents is 1. The van der Waals surface area contributed by atoms with Gasteiger partial charge >= 0.3 is 0 Å². The number of non-ortho nitro benzene ring substituents is 1. The first kappa shape index (κ1) is 22.8. The summed E-state index contributed by atoms with van der Waals surface area (Å²) in [5.41, 5.74) is 3.80. The predicted octanol–water partition coefficient (Wildman–Crippen LogP) is 2.65. The van der Waals surface area contributed by atoms with Gasteiger partial charge in [0.15, 0.2) is 5.75 Å². The van der Waals surface area contributed by atoms with Crippen LogP contribution >= 0.6 is 0 Å². The van der Waals surface area contributed by atoms with Crippen LogP contribution in [-0.4, -0.2) is 41.1 Å². The zero-order chi connectivity index (χ0) is 24.0. The lowest BCUT2D eigenvalue weighted by atomic mass is 10.1. The summed E-state index contributed by atoms with van der Waals surface area (Å²) < 4.78 is 66.0. The fraction of sp³-hybridized carbons (Fsp3) is 0. The van der Waals surface area contributed by atoms with Gasteiger partial charge in [-0.05, 0) is 24.3 Å². The Hall–Kier alpha value is -3.86. The third-order valence-electron chi connectivity index (χ3n) is 4.19. The van der Waals surface area contributed by atoms with E-state index in [-0.39, 0.29) is 11.4 Å². The highest BCUT2D eigenvalue weighted by Crippen LogP contribution is 2.45. The van der Waals surface area contributed by atoms with Gasteiger partial charge in [0, 0.05) is 17.1 Å². The van der Waals surface area contributed by atoms with Gasteiger partial charge in [0.1, 0.15) is 26.9 Å². The topological polar surface area (TPSA) is 243 Å². The van der Waals surface area contributed by atoms with Crippen LogP contribution in [0.2, 0.25) is 0 Å². The second-order valence-corrected chi connectivity index (χ2v) is 9.01. The Labute approximate surface area is 178 Å². The lowest BCUT2D eigenvalue weighted by Crippen LogP contribution is -2.04. The number of anilines is 1. The molecule has 0 radical (unpaired) electrons. The van der Waals surface area contributed by atoms with Crippen molar-refractivity contribution in [2.24, 2.45) is 10.2 Å². The number of aromatic hydroxyl groups is 2. The maximum atomic E-state index is 11.9.